The van der Waals surface area contributed by atoms with Gasteiger partial charge >= 0.3 is 0 Å². The Morgan fingerprint density at radius 3 is 2.90 bits per heavy atom. The van der Waals surface area contributed by atoms with Crippen molar-refractivity contribution in [1.82, 2.24) is 10.3 Å². The van der Waals surface area contributed by atoms with E-state index in [0.717, 1.165) is 47.0 Å². The predicted molar refractivity (Wildman–Crippen MR) is 82.4 cm³/mol. The van der Waals surface area contributed by atoms with Crippen molar-refractivity contribution in [2.45, 2.75) is 24.1 Å². The molecule has 0 aromatic carbocycles. The van der Waals surface area contributed by atoms with Crippen molar-refractivity contribution in [2.24, 2.45) is 0 Å². The zero-order valence-electron chi connectivity index (χ0n) is 10.6. The third-order valence-electron chi connectivity index (χ3n) is 2.92. The standard InChI is InChI=1S/C11H12ClN3O2S3/c1-6-4-9(19-10(6)12)20(16,17)15-11-14-7-2-3-13-5-8(7)18-11/h4,13H,2-3,5H2,1H3,(H,14,15). The average molecular weight is 350 g/mol. The molecule has 0 spiro atoms. The molecule has 0 unspecified atom stereocenters. The average Bonchev–Trinajstić information content (AvgIpc) is 2.93. The lowest BCUT2D eigenvalue weighted by atomic mass is 10.2. The van der Waals surface area contributed by atoms with Gasteiger partial charge in [-0.05, 0) is 18.6 Å². The number of sulfonamides is 1. The van der Waals surface area contributed by atoms with Gasteiger partial charge in [0.15, 0.2) is 5.13 Å². The Kier molecular flexibility index (Phi) is 3.76. The molecule has 2 N–H and O–H groups in total. The third kappa shape index (κ3) is 2.71. The van der Waals surface area contributed by atoms with E-state index >= 15 is 0 Å². The number of fused-ring (bicyclic) bond motifs is 1. The lowest BCUT2D eigenvalue weighted by Gasteiger charge is -2.09. The first-order valence-electron chi connectivity index (χ1n) is 5.94. The summed E-state index contributed by atoms with van der Waals surface area (Å²) >= 11 is 8.36. The van der Waals surface area contributed by atoms with Crippen LogP contribution >= 0.6 is 34.3 Å². The molecule has 0 saturated carbocycles. The lowest BCUT2D eigenvalue weighted by molar-refractivity contribution is 0.603. The summed E-state index contributed by atoms with van der Waals surface area (Å²) in [6.07, 6.45) is 0.831. The number of thiophene rings is 1. The first-order chi connectivity index (χ1) is 9.45. The first-order valence-corrected chi connectivity index (χ1v) is 9.43. The molecule has 1 aliphatic rings. The van der Waals surface area contributed by atoms with Gasteiger partial charge in [0.1, 0.15) is 4.21 Å². The predicted octanol–water partition coefficient (Wildman–Crippen LogP) is 2.61. The van der Waals surface area contributed by atoms with Crippen LogP contribution in [0.3, 0.4) is 0 Å². The van der Waals surface area contributed by atoms with Crippen LogP contribution in [0.1, 0.15) is 16.1 Å². The van der Waals surface area contributed by atoms with Crippen molar-refractivity contribution in [1.29, 1.82) is 0 Å². The number of anilines is 1. The lowest BCUT2D eigenvalue weighted by Crippen LogP contribution is -2.22. The second-order valence-corrected chi connectivity index (χ2v) is 9.09. The Morgan fingerprint density at radius 2 is 2.25 bits per heavy atom. The van der Waals surface area contributed by atoms with Gasteiger partial charge in [-0.25, -0.2) is 13.4 Å². The SMILES string of the molecule is Cc1cc(S(=O)(=O)Nc2nc3c(s2)CNCC3)sc1Cl. The number of nitrogens with one attached hydrogen (secondary N) is 2. The highest BCUT2D eigenvalue weighted by molar-refractivity contribution is 7.95. The molecule has 0 fully saturated rings. The van der Waals surface area contributed by atoms with Gasteiger partial charge in [0, 0.05) is 24.4 Å². The van der Waals surface area contributed by atoms with E-state index in [0.29, 0.717) is 9.47 Å². The minimum atomic E-state index is -3.60. The fourth-order valence-corrected chi connectivity index (χ4v) is 5.82. The topological polar surface area (TPSA) is 71.1 Å². The van der Waals surface area contributed by atoms with Crippen molar-refractivity contribution >= 4 is 49.4 Å². The number of nitrogens with zero attached hydrogens (tertiary/aromatic N) is 1. The summed E-state index contributed by atoms with van der Waals surface area (Å²) in [6, 6.07) is 1.57. The van der Waals surface area contributed by atoms with Crippen molar-refractivity contribution < 1.29 is 8.42 Å². The highest BCUT2D eigenvalue weighted by atomic mass is 35.5. The number of halogens is 1. The van der Waals surface area contributed by atoms with Crippen LogP contribution in [-0.2, 0) is 23.0 Å². The zero-order valence-corrected chi connectivity index (χ0v) is 13.8. The van der Waals surface area contributed by atoms with Crippen molar-refractivity contribution in [3.8, 4) is 0 Å². The Bertz CT molecular complexity index is 708. The Balaban J connectivity index is 1.88. The maximum absolute atomic E-state index is 12.3. The van der Waals surface area contributed by atoms with E-state index in [2.05, 4.69) is 15.0 Å². The summed E-state index contributed by atoms with van der Waals surface area (Å²) < 4.78 is 27.8. The summed E-state index contributed by atoms with van der Waals surface area (Å²) in [5.41, 5.74) is 1.74. The quantitative estimate of drug-likeness (QED) is 0.893. The molecular weight excluding hydrogens is 338 g/mol. The molecule has 0 radical (unpaired) electrons. The van der Waals surface area contributed by atoms with Crippen LogP contribution in [0.15, 0.2) is 10.3 Å². The number of aryl methyl sites for hydroxylation is 1. The molecule has 108 valence electrons. The fourth-order valence-electron chi connectivity index (χ4n) is 1.90. The first kappa shape index (κ1) is 14.3. The molecule has 20 heavy (non-hydrogen) atoms. The zero-order chi connectivity index (χ0) is 14.3. The second kappa shape index (κ2) is 5.27. The van der Waals surface area contributed by atoms with E-state index in [1.54, 1.807) is 13.0 Å². The number of hydrogen-bond acceptors (Lipinski definition) is 6. The fraction of sp³-hybridized carbons (Fsp3) is 0.364. The van der Waals surface area contributed by atoms with E-state index in [1.165, 1.54) is 11.3 Å². The molecule has 0 aliphatic carbocycles. The van der Waals surface area contributed by atoms with Gasteiger partial charge in [0.25, 0.3) is 10.0 Å². The van der Waals surface area contributed by atoms with Gasteiger partial charge in [0.05, 0.1) is 10.0 Å². The van der Waals surface area contributed by atoms with Crippen LogP contribution in [0, 0.1) is 6.92 Å². The van der Waals surface area contributed by atoms with Crippen molar-refractivity contribution in [3.05, 3.63) is 26.5 Å². The summed E-state index contributed by atoms with van der Waals surface area (Å²) in [6.45, 7) is 3.41. The molecular formula is C11H12ClN3O2S3. The van der Waals surface area contributed by atoms with Gasteiger partial charge in [-0.15, -0.1) is 11.3 Å². The summed E-state index contributed by atoms with van der Waals surface area (Å²) in [4.78, 5) is 5.44. The maximum atomic E-state index is 12.3. The van der Waals surface area contributed by atoms with Crippen LogP contribution in [-0.4, -0.2) is 19.9 Å². The van der Waals surface area contributed by atoms with Crippen molar-refractivity contribution in [2.75, 3.05) is 11.3 Å². The van der Waals surface area contributed by atoms with Gasteiger partial charge in [0.2, 0.25) is 0 Å². The molecule has 3 rings (SSSR count). The molecule has 3 heterocycles. The Labute approximate surface area is 130 Å². The molecule has 0 amide bonds. The smallest absolute Gasteiger partial charge is 0.273 e. The van der Waals surface area contributed by atoms with Gasteiger partial charge in [-0.2, -0.15) is 0 Å². The van der Waals surface area contributed by atoms with E-state index in [4.69, 9.17) is 11.6 Å². The van der Waals surface area contributed by atoms with E-state index in [1.807, 2.05) is 0 Å². The summed E-state index contributed by atoms with van der Waals surface area (Å²) in [5, 5.41) is 3.65. The molecule has 5 nitrogen and oxygen atoms in total. The van der Waals surface area contributed by atoms with Crippen LogP contribution in [0.5, 0.6) is 0 Å². The number of thiazole rings is 1. The van der Waals surface area contributed by atoms with Crippen molar-refractivity contribution in [3.63, 3.8) is 0 Å². The third-order valence-corrected chi connectivity index (χ3v) is 7.43. The molecule has 9 heteroatoms. The van der Waals surface area contributed by atoms with Crippen LogP contribution < -0.4 is 10.0 Å². The van der Waals surface area contributed by atoms with Crippen LogP contribution in [0.25, 0.3) is 0 Å². The molecule has 0 bridgehead atoms. The summed E-state index contributed by atoms with van der Waals surface area (Å²) in [7, 11) is -3.60. The van der Waals surface area contributed by atoms with Gasteiger partial charge in [-0.3, -0.25) is 4.72 Å². The normalized spacial score (nSPS) is 15.1. The Hall–Kier alpha value is -0.670. The van der Waals surface area contributed by atoms with E-state index < -0.39 is 10.0 Å². The minimum Gasteiger partial charge on any atom is -0.311 e. The molecule has 1 aliphatic heterocycles. The molecule has 0 saturated heterocycles. The number of rotatable bonds is 3. The number of hydrogen-bond donors (Lipinski definition) is 2. The minimum absolute atomic E-state index is 0.214. The van der Waals surface area contributed by atoms with Crippen LogP contribution in [0.4, 0.5) is 5.13 Å². The highest BCUT2D eigenvalue weighted by Crippen LogP contribution is 2.32. The van der Waals surface area contributed by atoms with Gasteiger partial charge < -0.3 is 5.32 Å². The van der Waals surface area contributed by atoms with Crippen LogP contribution in [0.2, 0.25) is 4.34 Å². The van der Waals surface area contributed by atoms with E-state index in [-0.39, 0.29) is 4.21 Å². The molecule has 2 aromatic rings. The Morgan fingerprint density at radius 1 is 1.45 bits per heavy atom. The monoisotopic (exact) mass is 349 g/mol. The highest BCUT2D eigenvalue weighted by Gasteiger charge is 2.22. The number of aromatic nitrogens is 1. The second-order valence-electron chi connectivity index (χ2n) is 4.44. The summed E-state index contributed by atoms with van der Waals surface area (Å²) in [5.74, 6) is 0. The molecule has 2 aromatic heterocycles. The largest absolute Gasteiger partial charge is 0.311 e. The van der Waals surface area contributed by atoms with E-state index in [9.17, 15) is 8.42 Å². The molecule has 0 atom stereocenters. The maximum Gasteiger partial charge on any atom is 0.273 e. The van der Waals surface area contributed by atoms with Gasteiger partial charge in [-0.1, -0.05) is 22.9 Å².